The molecule has 0 aliphatic heterocycles. The van der Waals surface area contributed by atoms with Crippen LogP contribution in [0.3, 0.4) is 0 Å². The molecule has 0 aliphatic rings. The van der Waals surface area contributed by atoms with Gasteiger partial charge in [-0.2, -0.15) is 0 Å². The maximum atomic E-state index is 9.94. The van der Waals surface area contributed by atoms with E-state index in [2.05, 4.69) is 22.3 Å². The second-order valence-electron chi connectivity index (χ2n) is 5.05. The SMILES string of the molecule is CNC(CO)(CN(C)c1ccccc1)c1ccccc1. The number of likely N-dealkylation sites (N-methyl/N-ethyl adjacent to an activating group) is 2. The van der Waals surface area contributed by atoms with Crippen LogP contribution in [0.25, 0.3) is 0 Å². The first-order chi connectivity index (χ1) is 9.72. The average molecular weight is 270 g/mol. The van der Waals surface area contributed by atoms with Gasteiger partial charge in [0.05, 0.1) is 12.1 Å². The van der Waals surface area contributed by atoms with Gasteiger partial charge in [-0.15, -0.1) is 0 Å². The van der Waals surface area contributed by atoms with E-state index in [1.165, 1.54) is 0 Å². The van der Waals surface area contributed by atoms with Gasteiger partial charge in [-0.3, -0.25) is 0 Å². The highest BCUT2D eigenvalue weighted by Gasteiger charge is 2.31. The van der Waals surface area contributed by atoms with Crippen molar-refractivity contribution in [3.05, 3.63) is 66.2 Å². The Labute approximate surface area is 120 Å². The predicted octanol–water partition coefficient (Wildman–Crippen LogP) is 2.23. The topological polar surface area (TPSA) is 35.5 Å². The van der Waals surface area contributed by atoms with Gasteiger partial charge in [0, 0.05) is 19.3 Å². The molecule has 0 fully saturated rings. The summed E-state index contributed by atoms with van der Waals surface area (Å²) in [7, 11) is 3.93. The number of anilines is 1. The largest absolute Gasteiger partial charge is 0.394 e. The highest BCUT2D eigenvalue weighted by Crippen LogP contribution is 2.24. The van der Waals surface area contributed by atoms with Crippen LogP contribution in [0.5, 0.6) is 0 Å². The fourth-order valence-corrected chi connectivity index (χ4v) is 2.47. The molecule has 0 amide bonds. The normalized spacial score (nSPS) is 13.8. The first-order valence-electron chi connectivity index (χ1n) is 6.83. The minimum Gasteiger partial charge on any atom is -0.394 e. The molecule has 1 atom stereocenters. The Hall–Kier alpha value is -1.84. The minimum absolute atomic E-state index is 0.0463. The van der Waals surface area contributed by atoms with Crippen LogP contribution in [0.4, 0.5) is 5.69 Å². The number of benzene rings is 2. The molecule has 2 aromatic rings. The van der Waals surface area contributed by atoms with Crippen LogP contribution in [-0.2, 0) is 5.54 Å². The van der Waals surface area contributed by atoms with Gasteiger partial charge in [-0.05, 0) is 24.7 Å². The fourth-order valence-electron chi connectivity index (χ4n) is 2.47. The van der Waals surface area contributed by atoms with Crippen molar-refractivity contribution in [3.8, 4) is 0 Å². The Morgan fingerprint density at radius 2 is 1.55 bits per heavy atom. The summed E-state index contributed by atoms with van der Waals surface area (Å²) in [6.07, 6.45) is 0. The molecule has 0 saturated heterocycles. The van der Waals surface area contributed by atoms with Crippen molar-refractivity contribution in [2.75, 3.05) is 32.1 Å². The highest BCUT2D eigenvalue weighted by atomic mass is 16.3. The van der Waals surface area contributed by atoms with Crippen LogP contribution in [0.1, 0.15) is 5.56 Å². The number of nitrogens with zero attached hydrogens (tertiary/aromatic N) is 1. The summed E-state index contributed by atoms with van der Waals surface area (Å²) in [4.78, 5) is 2.15. The third-order valence-corrected chi connectivity index (χ3v) is 3.78. The van der Waals surface area contributed by atoms with Crippen molar-refractivity contribution in [1.29, 1.82) is 0 Å². The van der Waals surface area contributed by atoms with Crippen molar-refractivity contribution in [2.45, 2.75) is 5.54 Å². The zero-order valence-corrected chi connectivity index (χ0v) is 12.1. The lowest BCUT2D eigenvalue weighted by atomic mass is 9.90. The van der Waals surface area contributed by atoms with Gasteiger partial charge in [0.2, 0.25) is 0 Å². The number of rotatable bonds is 6. The van der Waals surface area contributed by atoms with Crippen LogP contribution < -0.4 is 10.2 Å². The van der Waals surface area contributed by atoms with Crippen LogP contribution >= 0.6 is 0 Å². The lowest BCUT2D eigenvalue weighted by Gasteiger charge is -2.37. The Kier molecular flexibility index (Phi) is 4.77. The second-order valence-corrected chi connectivity index (χ2v) is 5.05. The van der Waals surface area contributed by atoms with Crippen molar-refractivity contribution < 1.29 is 5.11 Å². The second kappa shape index (κ2) is 6.55. The molecule has 0 aromatic heterocycles. The fraction of sp³-hybridized carbons (Fsp3) is 0.294. The first kappa shape index (κ1) is 14.6. The third kappa shape index (κ3) is 3.00. The van der Waals surface area contributed by atoms with Crippen molar-refractivity contribution in [1.82, 2.24) is 5.32 Å². The van der Waals surface area contributed by atoms with E-state index >= 15 is 0 Å². The van der Waals surface area contributed by atoms with Crippen molar-refractivity contribution in [2.24, 2.45) is 0 Å². The summed E-state index contributed by atoms with van der Waals surface area (Å²) < 4.78 is 0. The van der Waals surface area contributed by atoms with Gasteiger partial charge in [0.15, 0.2) is 0 Å². The van der Waals surface area contributed by atoms with E-state index in [4.69, 9.17) is 0 Å². The van der Waals surface area contributed by atoms with Gasteiger partial charge < -0.3 is 15.3 Å². The average Bonchev–Trinajstić information content (AvgIpc) is 2.54. The number of aliphatic hydroxyl groups excluding tert-OH is 1. The van der Waals surface area contributed by atoms with Gasteiger partial charge in [0.25, 0.3) is 0 Å². The van der Waals surface area contributed by atoms with Gasteiger partial charge in [0.1, 0.15) is 0 Å². The molecule has 0 saturated carbocycles. The van der Waals surface area contributed by atoms with Gasteiger partial charge in [-0.1, -0.05) is 48.5 Å². The Bertz CT molecular complexity index is 509. The number of hydrogen-bond acceptors (Lipinski definition) is 3. The van der Waals surface area contributed by atoms with E-state index in [0.717, 1.165) is 11.3 Å². The summed E-state index contributed by atoms with van der Waals surface area (Å²) >= 11 is 0. The van der Waals surface area contributed by atoms with E-state index in [0.29, 0.717) is 6.54 Å². The predicted molar refractivity (Wildman–Crippen MR) is 84.0 cm³/mol. The van der Waals surface area contributed by atoms with E-state index in [9.17, 15) is 5.11 Å². The monoisotopic (exact) mass is 270 g/mol. The van der Waals surface area contributed by atoms with E-state index < -0.39 is 5.54 Å². The molecule has 2 N–H and O–H groups in total. The molecule has 3 heteroatoms. The zero-order valence-electron chi connectivity index (χ0n) is 12.1. The number of para-hydroxylation sites is 1. The van der Waals surface area contributed by atoms with E-state index in [-0.39, 0.29) is 6.61 Å². The summed E-state index contributed by atoms with van der Waals surface area (Å²) in [5, 5.41) is 13.2. The molecule has 0 bridgehead atoms. The lowest BCUT2D eigenvalue weighted by molar-refractivity contribution is 0.173. The number of aliphatic hydroxyl groups is 1. The maximum Gasteiger partial charge on any atom is 0.0843 e. The van der Waals surface area contributed by atoms with Crippen LogP contribution in [0, 0.1) is 0 Å². The van der Waals surface area contributed by atoms with Gasteiger partial charge in [-0.25, -0.2) is 0 Å². The first-order valence-corrected chi connectivity index (χ1v) is 6.83. The molecule has 0 spiro atoms. The van der Waals surface area contributed by atoms with E-state index in [1.54, 1.807) is 0 Å². The summed E-state index contributed by atoms with van der Waals surface area (Å²) in [5.41, 5.74) is 1.76. The van der Waals surface area contributed by atoms with Crippen molar-refractivity contribution in [3.63, 3.8) is 0 Å². The molecule has 106 valence electrons. The molecule has 20 heavy (non-hydrogen) atoms. The molecule has 2 aromatic carbocycles. The zero-order chi connectivity index (χ0) is 14.4. The Balaban J connectivity index is 2.26. The number of hydrogen-bond donors (Lipinski definition) is 2. The molecular weight excluding hydrogens is 248 g/mol. The van der Waals surface area contributed by atoms with Crippen LogP contribution in [0.2, 0.25) is 0 Å². The highest BCUT2D eigenvalue weighted by molar-refractivity contribution is 5.46. The molecule has 0 radical (unpaired) electrons. The molecular formula is C17H22N2O. The lowest BCUT2D eigenvalue weighted by Crippen LogP contribution is -2.51. The quantitative estimate of drug-likeness (QED) is 0.845. The molecule has 3 nitrogen and oxygen atoms in total. The molecule has 1 unspecified atom stereocenters. The third-order valence-electron chi connectivity index (χ3n) is 3.78. The Morgan fingerprint density at radius 3 is 2.05 bits per heavy atom. The van der Waals surface area contributed by atoms with Gasteiger partial charge >= 0.3 is 0 Å². The van der Waals surface area contributed by atoms with E-state index in [1.807, 2.05) is 62.6 Å². The maximum absolute atomic E-state index is 9.94. The number of nitrogens with one attached hydrogen (secondary N) is 1. The molecule has 2 rings (SSSR count). The summed E-state index contributed by atoms with van der Waals surface area (Å²) in [6, 6.07) is 20.3. The standard InChI is InChI=1S/C17H22N2O/c1-18-17(14-20,15-9-5-3-6-10-15)13-19(2)16-11-7-4-8-12-16/h3-12,18,20H,13-14H2,1-2H3. The minimum atomic E-state index is -0.466. The van der Waals surface area contributed by atoms with Crippen LogP contribution in [0.15, 0.2) is 60.7 Å². The van der Waals surface area contributed by atoms with Crippen LogP contribution in [-0.4, -0.2) is 32.4 Å². The smallest absolute Gasteiger partial charge is 0.0843 e. The summed E-state index contributed by atoms with van der Waals surface area (Å²) in [6.45, 7) is 0.735. The molecule has 0 aliphatic carbocycles. The Morgan fingerprint density at radius 1 is 1.00 bits per heavy atom. The van der Waals surface area contributed by atoms with Crippen molar-refractivity contribution >= 4 is 5.69 Å². The summed E-state index contributed by atoms with van der Waals surface area (Å²) in [5.74, 6) is 0. The molecule has 0 heterocycles.